The summed E-state index contributed by atoms with van der Waals surface area (Å²) in [5.41, 5.74) is -0.761. The van der Waals surface area contributed by atoms with E-state index < -0.39 is 5.60 Å². The number of aryl methyl sites for hydroxylation is 1. The van der Waals surface area contributed by atoms with Gasteiger partial charge >= 0.3 is 0 Å². The molecule has 16 heavy (non-hydrogen) atoms. The van der Waals surface area contributed by atoms with E-state index >= 15 is 0 Å². The zero-order valence-electron chi connectivity index (χ0n) is 9.16. The van der Waals surface area contributed by atoms with E-state index in [0.29, 0.717) is 6.42 Å². The van der Waals surface area contributed by atoms with Gasteiger partial charge in [0.2, 0.25) is 0 Å². The molecule has 2 heterocycles. The topological polar surface area (TPSA) is 20.2 Å². The largest absolute Gasteiger partial charge is 0.384 e. The summed E-state index contributed by atoms with van der Waals surface area (Å²) in [6, 6.07) is 6.14. The normalized spacial score (nSPS) is 15.0. The smallest absolute Gasteiger partial charge is 0.101 e. The van der Waals surface area contributed by atoms with Gasteiger partial charge in [-0.25, -0.2) is 0 Å². The molecule has 0 radical (unpaired) electrons. The van der Waals surface area contributed by atoms with Crippen LogP contribution in [0.1, 0.15) is 21.6 Å². The van der Waals surface area contributed by atoms with Crippen molar-refractivity contribution in [1.82, 2.24) is 0 Å². The van der Waals surface area contributed by atoms with Crippen molar-refractivity contribution in [3.05, 3.63) is 42.7 Å². The Morgan fingerprint density at radius 2 is 2.19 bits per heavy atom. The van der Waals surface area contributed by atoms with E-state index in [1.807, 2.05) is 18.4 Å². The van der Waals surface area contributed by atoms with Gasteiger partial charge in [-0.05, 0) is 48.0 Å². The Labute approximate surface area is 112 Å². The van der Waals surface area contributed by atoms with Crippen molar-refractivity contribution in [2.45, 2.75) is 25.9 Å². The average molecular weight is 317 g/mol. The molecule has 2 aromatic heterocycles. The van der Waals surface area contributed by atoms with Crippen molar-refractivity contribution < 1.29 is 5.11 Å². The van der Waals surface area contributed by atoms with Crippen LogP contribution in [-0.2, 0) is 12.0 Å². The van der Waals surface area contributed by atoms with Crippen molar-refractivity contribution in [2.75, 3.05) is 0 Å². The van der Waals surface area contributed by atoms with Gasteiger partial charge < -0.3 is 5.11 Å². The van der Waals surface area contributed by atoms with Crippen molar-refractivity contribution in [2.24, 2.45) is 0 Å². The molecular formula is C12H13BrOS2. The Morgan fingerprint density at radius 1 is 1.44 bits per heavy atom. The second-order valence-electron chi connectivity index (χ2n) is 4.09. The minimum absolute atomic E-state index is 0.670. The Bertz CT molecular complexity index is 485. The van der Waals surface area contributed by atoms with E-state index in [0.717, 1.165) is 9.35 Å². The molecule has 2 rings (SSSR count). The highest BCUT2D eigenvalue weighted by Crippen LogP contribution is 2.33. The zero-order valence-corrected chi connectivity index (χ0v) is 12.4. The number of aliphatic hydroxyl groups is 1. The summed E-state index contributed by atoms with van der Waals surface area (Å²) in [6.45, 7) is 3.94. The molecule has 0 fully saturated rings. The fourth-order valence-electron chi connectivity index (χ4n) is 1.60. The maximum atomic E-state index is 10.5. The van der Waals surface area contributed by atoms with Crippen LogP contribution in [0.25, 0.3) is 0 Å². The van der Waals surface area contributed by atoms with Gasteiger partial charge in [0.15, 0.2) is 0 Å². The number of rotatable bonds is 3. The third-order valence-corrected chi connectivity index (χ3v) is 5.36. The van der Waals surface area contributed by atoms with E-state index in [1.165, 1.54) is 9.75 Å². The average Bonchev–Trinajstić information content (AvgIpc) is 2.75. The van der Waals surface area contributed by atoms with E-state index in [4.69, 9.17) is 0 Å². The lowest BCUT2D eigenvalue weighted by Gasteiger charge is -2.20. The molecule has 0 aliphatic rings. The molecule has 4 heteroatoms. The molecule has 2 aromatic rings. The second kappa shape index (κ2) is 4.61. The molecule has 0 aliphatic heterocycles. The summed E-state index contributed by atoms with van der Waals surface area (Å²) in [6.07, 6.45) is 0.670. The van der Waals surface area contributed by atoms with Crippen LogP contribution in [0.4, 0.5) is 0 Å². The van der Waals surface area contributed by atoms with Crippen LogP contribution >= 0.6 is 38.6 Å². The molecule has 86 valence electrons. The minimum atomic E-state index is -0.761. The lowest BCUT2D eigenvalue weighted by Crippen LogP contribution is -2.22. The summed E-state index contributed by atoms with van der Waals surface area (Å²) in [4.78, 5) is 3.47. The molecule has 1 atom stereocenters. The third kappa shape index (κ3) is 2.74. The van der Waals surface area contributed by atoms with Crippen LogP contribution in [0.2, 0.25) is 0 Å². The van der Waals surface area contributed by atoms with E-state index in [9.17, 15) is 5.11 Å². The van der Waals surface area contributed by atoms with Crippen LogP contribution in [0, 0.1) is 6.92 Å². The van der Waals surface area contributed by atoms with Crippen molar-refractivity contribution in [3.63, 3.8) is 0 Å². The van der Waals surface area contributed by atoms with Gasteiger partial charge in [0.05, 0.1) is 0 Å². The van der Waals surface area contributed by atoms with Gasteiger partial charge in [0.1, 0.15) is 5.60 Å². The first-order chi connectivity index (χ1) is 7.47. The van der Waals surface area contributed by atoms with Gasteiger partial charge in [-0.2, -0.15) is 0 Å². The van der Waals surface area contributed by atoms with Gasteiger partial charge in [0.25, 0.3) is 0 Å². The first-order valence-electron chi connectivity index (χ1n) is 4.99. The highest BCUT2D eigenvalue weighted by molar-refractivity contribution is 9.10. The highest BCUT2D eigenvalue weighted by atomic mass is 79.9. The fourth-order valence-corrected chi connectivity index (χ4v) is 4.11. The predicted molar refractivity (Wildman–Crippen MR) is 74.3 cm³/mol. The Kier molecular flexibility index (Phi) is 3.54. The van der Waals surface area contributed by atoms with Gasteiger partial charge in [0, 0.05) is 30.9 Å². The van der Waals surface area contributed by atoms with Crippen LogP contribution in [0.15, 0.2) is 28.1 Å². The van der Waals surface area contributed by atoms with Crippen molar-refractivity contribution in [1.29, 1.82) is 0 Å². The lowest BCUT2D eigenvalue weighted by atomic mass is 9.99. The first kappa shape index (κ1) is 12.3. The van der Waals surface area contributed by atoms with Crippen LogP contribution in [0.5, 0.6) is 0 Å². The monoisotopic (exact) mass is 316 g/mol. The molecule has 0 aromatic carbocycles. The second-order valence-corrected chi connectivity index (χ2v) is 7.29. The minimum Gasteiger partial charge on any atom is -0.384 e. The number of thiophene rings is 2. The van der Waals surface area contributed by atoms with Gasteiger partial charge in [-0.15, -0.1) is 22.7 Å². The number of hydrogen-bond donors (Lipinski definition) is 1. The maximum absolute atomic E-state index is 10.5. The molecule has 0 spiro atoms. The highest BCUT2D eigenvalue weighted by Gasteiger charge is 2.25. The van der Waals surface area contributed by atoms with Gasteiger partial charge in [-0.1, -0.05) is 0 Å². The Balaban J connectivity index is 2.19. The molecule has 0 saturated carbocycles. The quantitative estimate of drug-likeness (QED) is 0.893. The van der Waals surface area contributed by atoms with Crippen LogP contribution in [-0.4, -0.2) is 5.11 Å². The maximum Gasteiger partial charge on any atom is 0.101 e. The summed E-state index contributed by atoms with van der Waals surface area (Å²) >= 11 is 6.77. The zero-order chi connectivity index (χ0) is 11.8. The summed E-state index contributed by atoms with van der Waals surface area (Å²) in [5.74, 6) is 0. The van der Waals surface area contributed by atoms with Crippen molar-refractivity contribution in [3.8, 4) is 0 Å². The molecule has 1 N–H and O–H groups in total. The molecule has 0 saturated heterocycles. The third-order valence-electron chi connectivity index (χ3n) is 2.41. The predicted octanol–water partition coefficient (Wildman–Crippen LogP) is 4.33. The van der Waals surface area contributed by atoms with E-state index in [-0.39, 0.29) is 0 Å². The summed E-state index contributed by atoms with van der Waals surface area (Å²) < 4.78 is 1.09. The lowest BCUT2D eigenvalue weighted by molar-refractivity contribution is 0.0623. The van der Waals surface area contributed by atoms with E-state index in [1.54, 1.807) is 22.7 Å². The molecule has 0 aliphatic carbocycles. The number of halogens is 1. The molecule has 1 unspecified atom stereocenters. The standard InChI is InChI=1S/C12H13BrOS2/c1-8-3-4-11(16-8)12(2,14)6-10-5-9(13)7-15-10/h3-5,7,14H,6H2,1-2H3. The van der Waals surface area contributed by atoms with Crippen molar-refractivity contribution >= 4 is 38.6 Å². The van der Waals surface area contributed by atoms with E-state index in [2.05, 4.69) is 35.0 Å². The molecule has 1 nitrogen and oxygen atoms in total. The SMILES string of the molecule is Cc1ccc(C(C)(O)Cc2cc(Br)cs2)s1. The summed E-state index contributed by atoms with van der Waals surface area (Å²) in [5, 5.41) is 12.5. The molecule has 0 bridgehead atoms. The van der Waals surface area contributed by atoms with Crippen LogP contribution < -0.4 is 0 Å². The summed E-state index contributed by atoms with van der Waals surface area (Å²) in [7, 11) is 0. The Hall–Kier alpha value is -0.160. The fraction of sp³-hybridized carbons (Fsp3) is 0.333. The first-order valence-corrected chi connectivity index (χ1v) is 7.48. The molecular weight excluding hydrogens is 304 g/mol. The molecule has 0 amide bonds. The van der Waals surface area contributed by atoms with Gasteiger partial charge in [-0.3, -0.25) is 0 Å². The van der Waals surface area contributed by atoms with Crippen LogP contribution in [0.3, 0.4) is 0 Å². The Morgan fingerprint density at radius 3 is 2.69 bits per heavy atom. The number of hydrogen-bond acceptors (Lipinski definition) is 3.